The second kappa shape index (κ2) is 6.17. The maximum Gasteiger partial charge on any atom is 0.283 e. The minimum Gasteiger partial charge on any atom is -0.271 e. The summed E-state index contributed by atoms with van der Waals surface area (Å²) in [6.45, 7) is 0. The molecule has 1 atom stereocenters. The van der Waals surface area contributed by atoms with E-state index in [1.807, 2.05) is 78.8 Å². The van der Waals surface area contributed by atoms with Gasteiger partial charge in [-0.2, -0.15) is 5.12 Å². The summed E-state index contributed by atoms with van der Waals surface area (Å²) in [5.41, 5.74) is -0.0994. The van der Waals surface area contributed by atoms with Gasteiger partial charge in [-0.3, -0.25) is 9.88 Å². The number of aliphatic imine (C=N–C) groups is 1. The Kier molecular flexibility index (Phi) is 4.70. The molecular weight excluding hydrogens is 287 g/mol. The van der Waals surface area contributed by atoms with Gasteiger partial charge in [0, 0.05) is 33.8 Å². The van der Waals surface area contributed by atoms with Crippen molar-refractivity contribution >= 4 is 14.3 Å². The molecule has 1 aliphatic heterocycles. The minimum atomic E-state index is -1.06. The predicted octanol–water partition coefficient (Wildman–Crippen LogP) is 1.04. The van der Waals surface area contributed by atoms with Crippen molar-refractivity contribution in [2.75, 3.05) is 35.2 Å². The lowest BCUT2D eigenvalue weighted by Gasteiger charge is -2.42. The van der Waals surface area contributed by atoms with Crippen LogP contribution in [0.4, 0.5) is 0 Å². The SMILES string of the molecule is CNC1(P=O)N=C(c2ccccc2)N(N(C)C)N1N(C)C. The summed E-state index contributed by atoms with van der Waals surface area (Å²) in [6.07, 6.45) is 0. The molecule has 1 aliphatic rings. The Morgan fingerprint density at radius 1 is 1.14 bits per heavy atom. The minimum absolute atomic E-state index is 0.133. The molecule has 0 amide bonds. The summed E-state index contributed by atoms with van der Waals surface area (Å²) >= 11 is 0. The highest BCUT2D eigenvalue weighted by atomic mass is 31.1. The highest BCUT2D eigenvalue weighted by Crippen LogP contribution is 2.36. The van der Waals surface area contributed by atoms with Crippen molar-refractivity contribution in [1.82, 2.24) is 25.6 Å². The number of rotatable bonds is 5. The lowest BCUT2D eigenvalue weighted by Crippen LogP contribution is -2.63. The van der Waals surface area contributed by atoms with E-state index in [9.17, 15) is 4.57 Å². The van der Waals surface area contributed by atoms with Crippen LogP contribution in [0.2, 0.25) is 0 Å². The first-order valence-corrected chi connectivity index (χ1v) is 7.41. The van der Waals surface area contributed by atoms with Gasteiger partial charge in [0.2, 0.25) is 8.46 Å². The van der Waals surface area contributed by atoms with Crippen molar-refractivity contribution < 1.29 is 4.57 Å². The van der Waals surface area contributed by atoms with E-state index in [0.717, 1.165) is 11.4 Å². The van der Waals surface area contributed by atoms with Gasteiger partial charge in [0.05, 0.1) is 0 Å². The Balaban J connectivity index is 2.59. The third-order valence-electron chi connectivity index (χ3n) is 3.16. The first-order chi connectivity index (χ1) is 9.96. The van der Waals surface area contributed by atoms with Crippen molar-refractivity contribution in [1.29, 1.82) is 0 Å². The van der Waals surface area contributed by atoms with Crippen LogP contribution in [0.3, 0.4) is 0 Å². The molecule has 0 saturated heterocycles. The summed E-state index contributed by atoms with van der Waals surface area (Å²) in [4.78, 5) is 4.68. The smallest absolute Gasteiger partial charge is 0.271 e. The van der Waals surface area contributed by atoms with E-state index in [0.29, 0.717) is 0 Å². The first-order valence-electron chi connectivity index (χ1n) is 6.60. The molecule has 1 N–H and O–H groups in total. The zero-order valence-electron chi connectivity index (χ0n) is 13.0. The van der Waals surface area contributed by atoms with Crippen LogP contribution in [-0.2, 0) is 4.57 Å². The molecule has 0 bridgehead atoms. The molecular formula is C13H21N6OP. The van der Waals surface area contributed by atoms with Gasteiger partial charge >= 0.3 is 0 Å². The van der Waals surface area contributed by atoms with Gasteiger partial charge in [-0.15, -0.1) is 0 Å². The van der Waals surface area contributed by atoms with Gasteiger partial charge in [0.15, 0.2) is 5.84 Å². The molecule has 0 spiro atoms. The van der Waals surface area contributed by atoms with Crippen LogP contribution in [0, 0.1) is 0 Å². The van der Waals surface area contributed by atoms with E-state index in [1.54, 1.807) is 7.05 Å². The molecule has 7 nitrogen and oxygen atoms in total. The standard InChI is InChI=1S/C13H21N6OP/c1-14-13(21-20)15-12(11-9-7-6-8-10-11)18(16(2)3)19(13)17(4)5/h6-10,14H,1-5H3. The van der Waals surface area contributed by atoms with Gasteiger partial charge in [0.1, 0.15) is 0 Å². The maximum absolute atomic E-state index is 11.8. The second-order valence-corrected chi connectivity index (χ2v) is 5.86. The Labute approximate surface area is 126 Å². The molecule has 8 heteroatoms. The molecule has 114 valence electrons. The zero-order valence-corrected chi connectivity index (χ0v) is 13.9. The third-order valence-corrected chi connectivity index (χ3v) is 3.92. The molecule has 2 rings (SSSR count). The quantitative estimate of drug-likeness (QED) is 0.821. The Bertz CT molecular complexity index is 535. The van der Waals surface area contributed by atoms with Gasteiger partial charge < -0.3 is 0 Å². The summed E-state index contributed by atoms with van der Waals surface area (Å²) in [6, 6.07) is 9.84. The van der Waals surface area contributed by atoms with Crippen LogP contribution in [0.15, 0.2) is 35.3 Å². The number of hydrazine groups is 3. The van der Waals surface area contributed by atoms with Gasteiger partial charge in [-0.25, -0.2) is 15.0 Å². The van der Waals surface area contributed by atoms with Crippen LogP contribution >= 0.6 is 8.46 Å². The fraction of sp³-hybridized carbons (Fsp3) is 0.462. The molecule has 1 aromatic carbocycles. The van der Waals surface area contributed by atoms with Crippen LogP contribution in [0.5, 0.6) is 0 Å². The number of nitrogens with zero attached hydrogens (tertiary/aromatic N) is 5. The maximum atomic E-state index is 11.8. The van der Waals surface area contributed by atoms with E-state index < -0.39 is 5.53 Å². The van der Waals surface area contributed by atoms with E-state index in [-0.39, 0.29) is 8.46 Å². The van der Waals surface area contributed by atoms with E-state index >= 15 is 0 Å². The van der Waals surface area contributed by atoms with Crippen molar-refractivity contribution in [2.24, 2.45) is 4.99 Å². The molecule has 21 heavy (non-hydrogen) atoms. The highest BCUT2D eigenvalue weighted by molar-refractivity contribution is 7.25. The normalized spacial score (nSPS) is 23.4. The Morgan fingerprint density at radius 2 is 1.76 bits per heavy atom. The van der Waals surface area contributed by atoms with Crippen LogP contribution in [0.1, 0.15) is 5.56 Å². The van der Waals surface area contributed by atoms with E-state index in [1.165, 1.54) is 0 Å². The lowest BCUT2D eigenvalue weighted by atomic mass is 10.2. The summed E-state index contributed by atoms with van der Waals surface area (Å²) in [5.74, 6) is 0.729. The van der Waals surface area contributed by atoms with Gasteiger partial charge in [-0.1, -0.05) is 35.4 Å². The van der Waals surface area contributed by atoms with Crippen LogP contribution in [-0.4, -0.2) is 66.9 Å². The Hall–Kier alpha value is -1.37. The largest absolute Gasteiger partial charge is 0.283 e. The highest BCUT2D eigenvalue weighted by Gasteiger charge is 2.50. The molecule has 0 radical (unpaired) electrons. The van der Waals surface area contributed by atoms with Crippen molar-refractivity contribution in [3.8, 4) is 0 Å². The van der Waals surface area contributed by atoms with Crippen molar-refractivity contribution in [2.45, 2.75) is 5.53 Å². The second-order valence-electron chi connectivity index (χ2n) is 5.05. The number of nitrogens with one attached hydrogen (secondary N) is 1. The first kappa shape index (κ1) is 16.0. The van der Waals surface area contributed by atoms with Crippen LogP contribution < -0.4 is 5.32 Å². The van der Waals surface area contributed by atoms with Crippen LogP contribution in [0.25, 0.3) is 0 Å². The third kappa shape index (κ3) is 2.71. The predicted molar refractivity (Wildman–Crippen MR) is 83.4 cm³/mol. The fourth-order valence-corrected chi connectivity index (χ4v) is 2.86. The molecule has 1 aromatic rings. The summed E-state index contributed by atoms with van der Waals surface area (Å²) < 4.78 is 11.8. The van der Waals surface area contributed by atoms with Gasteiger partial charge in [-0.05, 0) is 7.05 Å². The molecule has 0 aliphatic carbocycles. The zero-order chi connectivity index (χ0) is 15.6. The molecule has 1 unspecified atom stereocenters. The summed E-state index contributed by atoms with van der Waals surface area (Å²) in [7, 11) is 9.22. The monoisotopic (exact) mass is 308 g/mol. The topological polar surface area (TPSA) is 54.4 Å². The fourth-order valence-electron chi connectivity index (χ4n) is 2.29. The summed E-state index contributed by atoms with van der Waals surface area (Å²) in [5, 5.41) is 10.5. The van der Waals surface area contributed by atoms with Gasteiger partial charge in [0.25, 0.3) is 5.53 Å². The lowest BCUT2D eigenvalue weighted by molar-refractivity contribution is -0.225. The number of benzene rings is 1. The Morgan fingerprint density at radius 3 is 2.19 bits per heavy atom. The number of hydrogen-bond acceptors (Lipinski definition) is 7. The molecule has 1 heterocycles. The number of amidine groups is 1. The van der Waals surface area contributed by atoms with Crippen molar-refractivity contribution in [3.05, 3.63) is 35.9 Å². The molecule has 0 fully saturated rings. The van der Waals surface area contributed by atoms with Crippen molar-refractivity contribution in [3.63, 3.8) is 0 Å². The average Bonchev–Trinajstić information content (AvgIpc) is 2.84. The average molecular weight is 308 g/mol. The molecule has 0 aromatic heterocycles. The van der Waals surface area contributed by atoms with E-state index in [4.69, 9.17) is 0 Å². The van der Waals surface area contributed by atoms with E-state index in [2.05, 4.69) is 10.3 Å². The molecule has 0 saturated carbocycles. The number of hydrogen-bond donors (Lipinski definition) is 1.